The van der Waals surface area contributed by atoms with Crippen molar-refractivity contribution >= 4 is 11.4 Å². The van der Waals surface area contributed by atoms with E-state index in [4.69, 9.17) is 0 Å². The summed E-state index contributed by atoms with van der Waals surface area (Å²) in [6.45, 7) is 3.04. The van der Waals surface area contributed by atoms with Crippen LogP contribution >= 0.6 is 0 Å². The summed E-state index contributed by atoms with van der Waals surface area (Å²) >= 11 is 0. The highest BCUT2D eigenvalue weighted by Crippen LogP contribution is 2.25. The van der Waals surface area contributed by atoms with Crippen LogP contribution in [0.4, 0.5) is 20.2 Å². The molecule has 0 bridgehead atoms. The highest BCUT2D eigenvalue weighted by Gasteiger charge is 2.15. The Morgan fingerprint density at radius 1 is 1.45 bits per heavy atom. The number of alkyl halides is 2. The minimum absolute atomic E-state index is 0.0551. The monoisotopic (exact) mass is 310 g/mol. The Balaban J connectivity index is 2.12. The van der Waals surface area contributed by atoms with Gasteiger partial charge in [-0.25, -0.2) is 8.78 Å². The van der Waals surface area contributed by atoms with Crippen molar-refractivity contribution in [3.63, 3.8) is 0 Å². The number of nitro benzene ring substituents is 1. The summed E-state index contributed by atoms with van der Waals surface area (Å²) in [6.07, 6.45) is 0.456. The van der Waals surface area contributed by atoms with Crippen LogP contribution in [0.3, 0.4) is 0 Å². The normalized spacial score (nSPS) is 12.4. The van der Waals surface area contributed by atoms with Crippen LogP contribution in [0.2, 0.25) is 0 Å². The lowest BCUT2D eigenvalue weighted by atomic mass is 10.0. The van der Waals surface area contributed by atoms with E-state index >= 15 is 0 Å². The van der Waals surface area contributed by atoms with E-state index in [2.05, 4.69) is 10.4 Å². The second kappa shape index (κ2) is 6.50. The van der Waals surface area contributed by atoms with E-state index in [9.17, 15) is 18.9 Å². The fraction of sp³-hybridized carbons (Fsp3) is 0.357. The first-order valence-corrected chi connectivity index (χ1v) is 6.69. The lowest BCUT2D eigenvalue weighted by Crippen LogP contribution is -2.08. The van der Waals surface area contributed by atoms with E-state index < -0.39 is 17.9 Å². The number of benzene rings is 1. The summed E-state index contributed by atoms with van der Waals surface area (Å²) in [4.78, 5) is 10.5. The Morgan fingerprint density at radius 3 is 2.82 bits per heavy atom. The van der Waals surface area contributed by atoms with Crippen LogP contribution < -0.4 is 5.32 Å². The lowest BCUT2D eigenvalue weighted by Gasteiger charge is -2.14. The molecule has 1 atom stereocenters. The molecule has 2 rings (SSSR count). The van der Waals surface area contributed by atoms with E-state index in [1.54, 1.807) is 19.1 Å². The average molecular weight is 310 g/mol. The minimum atomic E-state index is -2.47. The number of halogens is 2. The zero-order chi connectivity index (χ0) is 16.3. The molecule has 0 radical (unpaired) electrons. The third-order valence-electron chi connectivity index (χ3n) is 3.27. The molecule has 1 aromatic heterocycles. The van der Waals surface area contributed by atoms with Gasteiger partial charge in [0.2, 0.25) is 0 Å². The van der Waals surface area contributed by atoms with Crippen LogP contribution in [-0.2, 0) is 6.54 Å². The summed E-state index contributed by atoms with van der Waals surface area (Å²) < 4.78 is 25.7. The smallest absolute Gasteiger partial charge is 0.272 e. The Morgan fingerprint density at radius 2 is 2.18 bits per heavy atom. The minimum Gasteiger partial charge on any atom is -0.376 e. The van der Waals surface area contributed by atoms with Crippen LogP contribution in [0.5, 0.6) is 0 Å². The summed E-state index contributed by atoms with van der Waals surface area (Å²) in [7, 11) is 0. The molecule has 0 saturated carbocycles. The van der Waals surface area contributed by atoms with E-state index in [-0.39, 0.29) is 11.7 Å². The fourth-order valence-corrected chi connectivity index (χ4v) is 2.11. The number of rotatable bonds is 6. The van der Waals surface area contributed by atoms with Crippen LogP contribution in [0.25, 0.3) is 0 Å². The van der Waals surface area contributed by atoms with Crippen molar-refractivity contribution in [3.05, 3.63) is 51.8 Å². The summed E-state index contributed by atoms with van der Waals surface area (Å²) in [5.41, 5.74) is 1.96. The van der Waals surface area contributed by atoms with E-state index in [1.807, 2.05) is 6.92 Å². The number of aromatic nitrogens is 2. The molecular formula is C14H16F2N4O2. The number of hydrogen-bond donors (Lipinski definition) is 1. The van der Waals surface area contributed by atoms with Crippen LogP contribution in [0.1, 0.15) is 24.1 Å². The Kier molecular flexibility index (Phi) is 4.69. The van der Waals surface area contributed by atoms with E-state index in [0.29, 0.717) is 11.3 Å². The number of nitrogens with zero attached hydrogens (tertiary/aromatic N) is 3. The van der Waals surface area contributed by atoms with Gasteiger partial charge in [0.1, 0.15) is 6.54 Å². The zero-order valence-corrected chi connectivity index (χ0v) is 12.2. The molecule has 8 heteroatoms. The number of aryl methyl sites for hydroxylation is 1. The fourth-order valence-electron chi connectivity index (χ4n) is 2.11. The number of hydrogen-bond acceptors (Lipinski definition) is 4. The molecule has 0 spiro atoms. The third-order valence-corrected chi connectivity index (χ3v) is 3.27. The quantitative estimate of drug-likeness (QED) is 0.654. The molecule has 2 aromatic rings. The molecule has 1 N–H and O–H groups in total. The van der Waals surface area contributed by atoms with E-state index in [0.717, 1.165) is 10.2 Å². The molecule has 0 saturated heterocycles. The van der Waals surface area contributed by atoms with Crippen molar-refractivity contribution in [2.45, 2.75) is 32.9 Å². The van der Waals surface area contributed by atoms with Gasteiger partial charge in [-0.2, -0.15) is 5.10 Å². The first kappa shape index (κ1) is 15.9. The zero-order valence-electron chi connectivity index (χ0n) is 12.2. The van der Waals surface area contributed by atoms with Crippen molar-refractivity contribution in [1.29, 1.82) is 0 Å². The number of nitrogens with one attached hydrogen (secondary N) is 1. The molecule has 0 amide bonds. The number of anilines is 1. The average Bonchev–Trinajstić information content (AvgIpc) is 2.85. The first-order valence-electron chi connectivity index (χ1n) is 6.69. The maximum absolute atomic E-state index is 12.3. The van der Waals surface area contributed by atoms with Gasteiger partial charge in [0.05, 0.1) is 16.8 Å². The number of nitro groups is 1. The molecule has 0 aliphatic carbocycles. The van der Waals surface area contributed by atoms with Gasteiger partial charge in [-0.1, -0.05) is 12.1 Å². The molecule has 0 aliphatic rings. The molecule has 6 nitrogen and oxygen atoms in total. The predicted octanol–water partition coefficient (Wildman–Crippen LogP) is 3.54. The second-order valence-corrected chi connectivity index (χ2v) is 5.01. The highest BCUT2D eigenvalue weighted by molar-refractivity contribution is 5.47. The van der Waals surface area contributed by atoms with Gasteiger partial charge in [0, 0.05) is 23.9 Å². The van der Waals surface area contributed by atoms with Gasteiger partial charge >= 0.3 is 0 Å². The van der Waals surface area contributed by atoms with Gasteiger partial charge in [-0.15, -0.1) is 0 Å². The summed E-state index contributed by atoms with van der Waals surface area (Å²) in [5, 5.41) is 17.9. The third kappa shape index (κ3) is 3.78. The van der Waals surface area contributed by atoms with Gasteiger partial charge in [-0.3, -0.25) is 14.8 Å². The molecule has 1 aromatic carbocycles. The first-order chi connectivity index (χ1) is 10.4. The van der Waals surface area contributed by atoms with Crippen LogP contribution in [0, 0.1) is 17.0 Å². The highest BCUT2D eigenvalue weighted by atomic mass is 19.3. The summed E-state index contributed by atoms with van der Waals surface area (Å²) in [5.74, 6) is 0. The molecule has 22 heavy (non-hydrogen) atoms. The van der Waals surface area contributed by atoms with Crippen molar-refractivity contribution in [3.8, 4) is 0 Å². The SMILES string of the molecule is Cc1ccc([C@@H](C)Nc2cnn(CC(F)F)c2)cc1[N+](=O)[O-]. The summed E-state index contributed by atoms with van der Waals surface area (Å²) in [6, 6.07) is 4.77. The lowest BCUT2D eigenvalue weighted by molar-refractivity contribution is -0.385. The Bertz CT molecular complexity index is 673. The molecule has 1 heterocycles. The van der Waals surface area contributed by atoms with Gasteiger partial charge in [-0.05, 0) is 19.4 Å². The second-order valence-electron chi connectivity index (χ2n) is 5.01. The predicted molar refractivity (Wildman–Crippen MR) is 78.1 cm³/mol. The largest absolute Gasteiger partial charge is 0.376 e. The van der Waals surface area contributed by atoms with Gasteiger partial charge < -0.3 is 5.32 Å². The van der Waals surface area contributed by atoms with Gasteiger partial charge in [0.25, 0.3) is 12.1 Å². The van der Waals surface area contributed by atoms with Crippen molar-refractivity contribution in [2.24, 2.45) is 0 Å². The molecule has 118 valence electrons. The molecule has 0 fully saturated rings. The topological polar surface area (TPSA) is 73.0 Å². The molecule has 0 aliphatic heterocycles. The van der Waals surface area contributed by atoms with Crippen LogP contribution in [0.15, 0.2) is 30.6 Å². The van der Waals surface area contributed by atoms with Crippen molar-refractivity contribution < 1.29 is 13.7 Å². The Labute approximate surface area is 125 Å². The molecule has 0 unspecified atom stereocenters. The van der Waals surface area contributed by atoms with Crippen molar-refractivity contribution in [1.82, 2.24) is 9.78 Å². The maximum atomic E-state index is 12.3. The van der Waals surface area contributed by atoms with Crippen LogP contribution in [-0.4, -0.2) is 21.1 Å². The maximum Gasteiger partial charge on any atom is 0.272 e. The van der Waals surface area contributed by atoms with Crippen molar-refractivity contribution in [2.75, 3.05) is 5.32 Å². The van der Waals surface area contributed by atoms with Gasteiger partial charge in [0.15, 0.2) is 0 Å². The Hall–Kier alpha value is -2.51. The standard InChI is InChI=1S/C14H16F2N4O2/c1-9-3-4-11(5-13(9)20(21)22)10(2)18-12-6-17-19(7-12)8-14(15)16/h3-7,10,14,18H,8H2,1-2H3/t10-/m1/s1. The molecular weight excluding hydrogens is 294 g/mol. The van der Waals surface area contributed by atoms with E-state index in [1.165, 1.54) is 18.5 Å².